The Kier molecular flexibility index (Phi) is 6.30. The zero-order valence-corrected chi connectivity index (χ0v) is 17.1. The van der Waals surface area contributed by atoms with E-state index in [0.29, 0.717) is 0 Å². The third-order valence-corrected chi connectivity index (χ3v) is 5.78. The van der Waals surface area contributed by atoms with Crippen molar-refractivity contribution >= 4 is 44.4 Å². The molecular formula is C19H20BrIN2O. The van der Waals surface area contributed by atoms with E-state index in [-0.39, 0.29) is 11.9 Å². The molecule has 1 heterocycles. The SMILES string of the molecule is O=C(NC1CCN(Cc2ccccc2)CC1)c1cc(Br)ccc1I. The van der Waals surface area contributed by atoms with E-state index in [4.69, 9.17) is 0 Å². The molecule has 0 radical (unpaired) electrons. The van der Waals surface area contributed by atoms with Crippen LogP contribution in [0.4, 0.5) is 0 Å². The molecule has 1 N–H and O–H groups in total. The minimum atomic E-state index is 0.0298. The Balaban J connectivity index is 1.52. The van der Waals surface area contributed by atoms with Crippen molar-refractivity contribution in [3.63, 3.8) is 0 Å². The molecule has 0 atom stereocenters. The fourth-order valence-corrected chi connectivity index (χ4v) is 3.95. The fraction of sp³-hybridized carbons (Fsp3) is 0.316. The van der Waals surface area contributed by atoms with E-state index in [2.05, 4.69) is 79.1 Å². The summed E-state index contributed by atoms with van der Waals surface area (Å²) in [5.41, 5.74) is 2.10. The number of hydrogen-bond acceptors (Lipinski definition) is 2. The number of likely N-dealkylation sites (tertiary alicyclic amines) is 1. The van der Waals surface area contributed by atoms with Gasteiger partial charge in [0.05, 0.1) is 5.56 Å². The Hall–Kier alpha value is -0.920. The van der Waals surface area contributed by atoms with Gasteiger partial charge >= 0.3 is 0 Å². The van der Waals surface area contributed by atoms with Crippen LogP contribution < -0.4 is 5.32 Å². The van der Waals surface area contributed by atoms with Gasteiger partial charge in [-0.1, -0.05) is 46.3 Å². The smallest absolute Gasteiger partial charge is 0.252 e. The highest BCUT2D eigenvalue weighted by Gasteiger charge is 2.22. The van der Waals surface area contributed by atoms with Gasteiger partial charge in [-0.05, 0) is 59.2 Å². The Bertz CT molecular complexity index is 700. The fourth-order valence-electron chi connectivity index (χ4n) is 3.01. The Morgan fingerprint density at radius 1 is 1.17 bits per heavy atom. The molecule has 126 valence electrons. The number of benzene rings is 2. The zero-order valence-electron chi connectivity index (χ0n) is 13.3. The van der Waals surface area contributed by atoms with Crippen molar-refractivity contribution < 1.29 is 4.79 Å². The molecule has 0 spiro atoms. The second kappa shape index (κ2) is 8.45. The standard InChI is InChI=1S/C19H20BrIN2O/c20-15-6-7-18(21)17(12-15)19(24)22-16-8-10-23(11-9-16)13-14-4-2-1-3-5-14/h1-7,12,16H,8-11,13H2,(H,22,24). The van der Waals surface area contributed by atoms with Crippen LogP contribution in [-0.4, -0.2) is 29.9 Å². The van der Waals surface area contributed by atoms with Gasteiger partial charge in [0.15, 0.2) is 0 Å². The van der Waals surface area contributed by atoms with Crippen LogP contribution in [0.15, 0.2) is 53.0 Å². The predicted molar refractivity (Wildman–Crippen MR) is 109 cm³/mol. The molecule has 1 aliphatic heterocycles. The van der Waals surface area contributed by atoms with E-state index in [0.717, 1.165) is 46.1 Å². The summed E-state index contributed by atoms with van der Waals surface area (Å²) in [4.78, 5) is 15.0. The molecule has 2 aromatic rings. The number of piperidine rings is 1. The van der Waals surface area contributed by atoms with Gasteiger partial charge in [-0.3, -0.25) is 9.69 Å². The lowest BCUT2D eigenvalue weighted by atomic mass is 10.0. The summed E-state index contributed by atoms with van der Waals surface area (Å²) >= 11 is 5.65. The summed E-state index contributed by atoms with van der Waals surface area (Å²) in [7, 11) is 0. The van der Waals surface area contributed by atoms with Gasteiger partial charge in [-0.15, -0.1) is 0 Å². The molecule has 0 aromatic heterocycles. The first-order valence-corrected chi connectivity index (χ1v) is 10.0. The summed E-state index contributed by atoms with van der Waals surface area (Å²) in [6, 6.07) is 16.6. The number of carbonyl (C=O) groups is 1. The highest BCUT2D eigenvalue weighted by molar-refractivity contribution is 14.1. The van der Waals surface area contributed by atoms with Crippen molar-refractivity contribution in [1.82, 2.24) is 10.2 Å². The van der Waals surface area contributed by atoms with Gasteiger partial charge in [0.1, 0.15) is 0 Å². The molecule has 1 aliphatic rings. The summed E-state index contributed by atoms with van der Waals surface area (Å²) in [6.45, 7) is 3.04. The van der Waals surface area contributed by atoms with Crippen LogP contribution >= 0.6 is 38.5 Å². The average molecular weight is 499 g/mol. The number of nitrogens with zero attached hydrogens (tertiary/aromatic N) is 1. The minimum Gasteiger partial charge on any atom is -0.349 e. The summed E-state index contributed by atoms with van der Waals surface area (Å²) in [5.74, 6) is 0.0298. The van der Waals surface area contributed by atoms with Crippen LogP contribution in [0.3, 0.4) is 0 Å². The van der Waals surface area contributed by atoms with E-state index < -0.39 is 0 Å². The maximum Gasteiger partial charge on any atom is 0.252 e. The van der Waals surface area contributed by atoms with Crippen LogP contribution in [0.25, 0.3) is 0 Å². The van der Waals surface area contributed by atoms with Crippen molar-refractivity contribution in [2.75, 3.05) is 13.1 Å². The number of amides is 1. The molecule has 1 fully saturated rings. The lowest BCUT2D eigenvalue weighted by Gasteiger charge is -2.32. The van der Waals surface area contributed by atoms with Crippen molar-refractivity contribution in [3.05, 3.63) is 67.7 Å². The van der Waals surface area contributed by atoms with E-state index in [1.807, 2.05) is 18.2 Å². The van der Waals surface area contributed by atoms with E-state index in [1.165, 1.54) is 5.56 Å². The summed E-state index contributed by atoms with van der Waals surface area (Å²) in [6.07, 6.45) is 2.01. The molecule has 1 amide bonds. The van der Waals surface area contributed by atoms with E-state index >= 15 is 0 Å². The average Bonchev–Trinajstić information content (AvgIpc) is 2.59. The molecule has 0 saturated carbocycles. The molecule has 2 aromatic carbocycles. The monoisotopic (exact) mass is 498 g/mol. The van der Waals surface area contributed by atoms with Gasteiger partial charge < -0.3 is 5.32 Å². The number of hydrogen-bond donors (Lipinski definition) is 1. The normalized spacial score (nSPS) is 16.1. The number of rotatable bonds is 4. The van der Waals surface area contributed by atoms with Crippen molar-refractivity contribution in [3.8, 4) is 0 Å². The quantitative estimate of drug-likeness (QED) is 0.632. The highest BCUT2D eigenvalue weighted by atomic mass is 127. The zero-order chi connectivity index (χ0) is 16.9. The van der Waals surface area contributed by atoms with Gasteiger partial charge in [0.2, 0.25) is 0 Å². The molecule has 5 heteroatoms. The first kappa shape index (κ1) is 17.9. The lowest BCUT2D eigenvalue weighted by molar-refractivity contribution is 0.0908. The Morgan fingerprint density at radius 3 is 2.58 bits per heavy atom. The molecule has 0 aliphatic carbocycles. The molecule has 3 rings (SSSR count). The largest absolute Gasteiger partial charge is 0.349 e. The minimum absolute atomic E-state index is 0.0298. The third kappa shape index (κ3) is 4.80. The Labute approximate surface area is 165 Å². The number of halogens is 2. The van der Waals surface area contributed by atoms with Crippen LogP contribution in [0, 0.1) is 3.57 Å². The van der Waals surface area contributed by atoms with Crippen molar-refractivity contribution in [2.24, 2.45) is 0 Å². The van der Waals surface area contributed by atoms with Crippen LogP contribution in [-0.2, 0) is 6.54 Å². The molecule has 24 heavy (non-hydrogen) atoms. The van der Waals surface area contributed by atoms with Gasteiger partial charge in [0, 0.05) is 33.7 Å². The maximum atomic E-state index is 12.5. The first-order chi connectivity index (χ1) is 11.6. The van der Waals surface area contributed by atoms with Crippen molar-refractivity contribution in [2.45, 2.75) is 25.4 Å². The number of carbonyl (C=O) groups excluding carboxylic acids is 1. The lowest BCUT2D eigenvalue weighted by Crippen LogP contribution is -2.44. The number of nitrogens with one attached hydrogen (secondary N) is 1. The van der Waals surface area contributed by atoms with Gasteiger partial charge in [0.25, 0.3) is 5.91 Å². The molecule has 0 bridgehead atoms. The molecule has 1 saturated heterocycles. The topological polar surface area (TPSA) is 32.3 Å². The molecule has 0 unspecified atom stereocenters. The molecule has 3 nitrogen and oxygen atoms in total. The first-order valence-electron chi connectivity index (χ1n) is 8.14. The summed E-state index contributed by atoms with van der Waals surface area (Å²) < 4.78 is 1.92. The van der Waals surface area contributed by atoms with Gasteiger partial charge in [-0.2, -0.15) is 0 Å². The van der Waals surface area contributed by atoms with Gasteiger partial charge in [-0.25, -0.2) is 0 Å². The van der Waals surface area contributed by atoms with Crippen molar-refractivity contribution in [1.29, 1.82) is 0 Å². The van der Waals surface area contributed by atoms with Crippen LogP contribution in [0.2, 0.25) is 0 Å². The molecular weight excluding hydrogens is 479 g/mol. The second-order valence-corrected chi connectivity index (χ2v) is 8.21. The van der Waals surface area contributed by atoms with Crippen LogP contribution in [0.5, 0.6) is 0 Å². The third-order valence-electron chi connectivity index (χ3n) is 4.34. The van der Waals surface area contributed by atoms with E-state index in [1.54, 1.807) is 0 Å². The van der Waals surface area contributed by atoms with E-state index in [9.17, 15) is 4.79 Å². The second-order valence-electron chi connectivity index (χ2n) is 6.13. The highest BCUT2D eigenvalue weighted by Crippen LogP contribution is 2.20. The predicted octanol–water partition coefficient (Wildman–Crippen LogP) is 4.45. The maximum absolute atomic E-state index is 12.5. The Morgan fingerprint density at radius 2 is 1.88 bits per heavy atom. The summed E-state index contributed by atoms with van der Waals surface area (Å²) in [5, 5.41) is 3.20. The van der Waals surface area contributed by atoms with Crippen LogP contribution in [0.1, 0.15) is 28.8 Å².